The number of hydrogen-bond acceptors (Lipinski definition) is 3. The number of aromatic nitrogens is 2. The summed E-state index contributed by atoms with van der Waals surface area (Å²) in [4.78, 5) is 22.9. The number of carbonyl (C=O) groups is 2. The van der Waals surface area contributed by atoms with E-state index in [1.54, 1.807) is 6.92 Å². The molecule has 0 saturated heterocycles. The molecule has 2 N–H and O–H groups in total. The second-order valence-electron chi connectivity index (χ2n) is 5.36. The summed E-state index contributed by atoms with van der Waals surface area (Å²) in [7, 11) is 0. The van der Waals surface area contributed by atoms with E-state index in [0.717, 1.165) is 25.7 Å². The van der Waals surface area contributed by atoms with Gasteiger partial charge in [0.2, 0.25) is 5.91 Å². The third-order valence-corrected chi connectivity index (χ3v) is 3.85. The zero-order valence-electron chi connectivity index (χ0n) is 11.8. The highest BCUT2D eigenvalue weighted by Gasteiger charge is 2.17. The van der Waals surface area contributed by atoms with Gasteiger partial charge in [-0.1, -0.05) is 25.7 Å². The van der Waals surface area contributed by atoms with Gasteiger partial charge < -0.3 is 10.4 Å². The zero-order valence-corrected chi connectivity index (χ0v) is 11.8. The van der Waals surface area contributed by atoms with Crippen LogP contribution in [-0.2, 0) is 11.3 Å². The average molecular weight is 279 g/mol. The van der Waals surface area contributed by atoms with E-state index in [9.17, 15) is 9.59 Å². The van der Waals surface area contributed by atoms with Gasteiger partial charge >= 0.3 is 5.97 Å². The summed E-state index contributed by atoms with van der Waals surface area (Å²) in [6.45, 7) is 1.74. The van der Waals surface area contributed by atoms with Crippen LogP contribution in [0.5, 0.6) is 0 Å². The molecular formula is C14H21N3O3. The van der Waals surface area contributed by atoms with Crippen LogP contribution in [0, 0.1) is 6.92 Å². The minimum Gasteiger partial charge on any atom is -0.478 e. The molecule has 0 spiro atoms. The van der Waals surface area contributed by atoms with E-state index in [0.29, 0.717) is 5.69 Å². The largest absolute Gasteiger partial charge is 0.478 e. The van der Waals surface area contributed by atoms with Crippen LogP contribution in [0.1, 0.15) is 54.6 Å². The first kappa shape index (κ1) is 14.6. The molecule has 110 valence electrons. The number of nitrogens with zero attached hydrogens (tertiary/aromatic N) is 2. The summed E-state index contributed by atoms with van der Waals surface area (Å²) in [6, 6.07) is 0.250. The molecule has 20 heavy (non-hydrogen) atoms. The maximum atomic E-state index is 12.0. The van der Waals surface area contributed by atoms with Crippen molar-refractivity contribution < 1.29 is 14.7 Å². The van der Waals surface area contributed by atoms with Crippen LogP contribution in [0.15, 0.2) is 6.20 Å². The summed E-state index contributed by atoms with van der Waals surface area (Å²) < 4.78 is 1.44. The predicted molar refractivity (Wildman–Crippen MR) is 73.6 cm³/mol. The molecule has 1 amide bonds. The summed E-state index contributed by atoms with van der Waals surface area (Å²) in [5.41, 5.74) is 0.654. The molecule has 1 saturated carbocycles. The van der Waals surface area contributed by atoms with E-state index in [-0.39, 0.29) is 24.1 Å². The Hall–Kier alpha value is -1.85. The fraction of sp³-hybridized carbons (Fsp3) is 0.643. The van der Waals surface area contributed by atoms with Crippen molar-refractivity contribution in [1.29, 1.82) is 0 Å². The third kappa shape index (κ3) is 3.59. The van der Waals surface area contributed by atoms with Crippen LogP contribution in [0.2, 0.25) is 0 Å². The van der Waals surface area contributed by atoms with Gasteiger partial charge in [-0.2, -0.15) is 5.10 Å². The van der Waals surface area contributed by atoms with Crippen molar-refractivity contribution in [2.75, 3.05) is 0 Å². The van der Waals surface area contributed by atoms with E-state index in [1.807, 2.05) is 0 Å². The molecule has 2 rings (SSSR count). The Labute approximate surface area is 118 Å². The predicted octanol–water partition coefficient (Wildman–Crippen LogP) is 1.73. The van der Waals surface area contributed by atoms with Crippen molar-refractivity contribution in [3.63, 3.8) is 0 Å². The Morgan fingerprint density at radius 2 is 2.00 bits per heavy atom. The maximum absolute atomic E-state index is 12.0. The van der Waals surface area contributed by atoms with Crippen molar-refractivity contribution in [3.8, 4) is 0 Å². The molecular weight excluding hydrogens is 258 g/mol. The van der Waals surface area contributed by atoms with Gasteiger partial charge in [-0.25, -0.2) is 4.79 Å². The highest BCUT2D eigenvalue weighted by molar-refractivity contribution is 5.88. The minimum absolute atomic E-state index is 0.0790. The number of carboxylic acid groups (broad SMARTS) is 1. The van der Waals surface area contributed by atoms with Crippen LogP contribution in [0.4, 0.5) is 0 Å². The molecule has 0 aliphatic heterocycles. The summed E-state index contributed by atoms with van der Waals surface area (Å²) in [5, 5.41) is 15.9. The van der Waals surface area contributed by atoms with Gasteiger partial charge in [0.25, 0.3) is 0 Å². The minimum atomic E-state index is -1.02. The number of carboxylic acids is 1. The summed E-state index contributed by atoms with van der Waals surface area (Å²) in [5.74, 6) is -1.11. The fourth-order valence-corrected chi connectivity index (χ4v) is 2.65. The lowest BCUT2D eigenvalue weighted by molar-refractivity contribution is -0.122. The van der Waals surface area contributed by atoms with Crippen molar-refractivity contribution in [2.45, 2.75) is 58.0 Å². The highest BCUT2D eigenvalue weighted by atomic mass is 16.4. The average Bonchev–Trinajstić information content (AvgIpc) is 2.62. The number of rotatable bonds is 4. The SMILES string of the molecule is Cc1c(C(=O)O)cnn1CC(=O)NC1CCCCCC1. The quantitative estimate of drug-likeness (QED) is 0.822. The van der Waals surface area contributed by atoms with Gasteiger partial charge in [0.05, 0.1) is 11.9 Å². The van der Waals surface area contributed by atoms with Crippen molar-refractivity contribution in [1.82, 2.24) is 15.1 Å². The summed E-state index contributed by atoms with van der Waals surface area (Å²) in [6.07, 6.45) is 8.16. The molecule has 1 heterocycles. The van der Waals surface area contributed by atoms with E-state index in [4.69, 9.17) is 5.11 Å². The normalized spacial score (nSPS) is 16.6. The molecule has 0 atom stereocenters. The number of carbonyl (C=O) groups excluding carboxylic acids is 1. The first-order valence-electron chi connectivity index (χ1n) is 7.13. The third-order valence-electron chi connectivity index (χ3n) is 3.85. The topological polar surface area (TPSA) is 84.2 Å². The van der Waals surface area contributed by atoms with E-state index >= 15 is 0 Å². The second kappa shape index (κ2) is 6.54. The zero-order chi connectivity index (χ0) is 14.5. The molecule has 0 radical (unpaired) electrons. The highest BCUT2D eigenvalue weighted by Crippen LogP contribution is 2.17. The molecule has 1 fully saturated rings. The lowest BCUT2D eigenvalue weighted by Crippen LogP contribution is -2.37. The van der Waals surface area contributed by atoms with Crippen molar-refractivity contribution in [2.24, 2.45) is 0 Å². The molecule has 6 heteroatoms. The van der Waals surface area contributed by atoms with Crippen LogP contribution < -0.4 is 5.32 Å². The van der Waals surface area contributed by atoms with Gasteiger partial charge in [0.15, 0.2) is 0 Å². The molecule has 1 aliphatic rings. The Morgan fingerprint density at radius 1 is 1.35 bits per heavy atom. The van der Waals surface area contributed by atoms with Crippen LogP contribution in [-0.4, -0.2) is 32.8 Å². The van der Waals surface area contributed by atoms with Crippen molar-refractivity contribution >= 4 is 11.9 Å². The monoisotopic (exact) mass is 279 g/mol. The van der Waals surface area contributed by atoms with E-state index in [1.165, 1.54) is 23.7 Å². The van der Waals surface area contributed by atoms with E-state index in [2.05, 4.69) is 10.4 Å². The number of amides is 1. The first-order chi connectivity index (χ1) is 9.58. The van der Waals surface area contributed by atoms with Crippen LogP contribution in [0.3, 0.4) is 0 Å². The Bertz CT molecular complexity index is 488. The number of nitrogens with one attached hydrogen (secondary N) is 1. The molecule has 6 nitrogen and oxygen atoms in total. The van der Waals surface area contributed by atoms with E-state index < -0.39 is 5.97 Å². The molecule has 0 aromatic carbocycles. The van der Waals surface area contributed by atoms with Crippen molar-refractivity contribution in [3.05, 3.63) is 17.5 Å². The fourth-order valence-electron chi connectivity index (χ4n) is 2.65. The molecule has 1 aromatic heterocycles. The first-order valence-corrected chi connectivity index (χ1v) is 7.13. The molecule has 1 aromatic rings. The van der Waals surface area contributed by atoms with Gasteiger partial charge in [0, 0.05) is 6.04 Å². The van der Waals surface area contributed by atoms with Gasteiger partial charge in [-0.15, -0.1) is 0 Å². The lowest BCUT2D eigenvalue weighted by atomic mass is 10.1. The molecule has 1 aliphatic carbocycles. The van der Waals surface area contributed by atoms with Crippen LogP contribution in [0.25, 0.3) is 0 Å². The lowest BCUT2D eigenvalue weighted by Gasteiger charge is -2.16. The van der Waals surface area contributed by atoms with Gasteiger partial charge in [0.1, 0.15) is 12.1 Å². The maximum Gasteiger partial charge on any atom is 0.339 e. The molecule has 0 unspecified atom stereocenters. The van der Waals surface area contributed by atoms with Crippen LogP contribution >= 0.6 is 0 Å². The Morgan fingerprint density at radius 3 is 2.55 bits per heavy atom. The standard InChI is InChI=1S/C14H21N3O3/c1-10-12(14(19)20)8-15-17(10)9-13(18)16-11-6-4-2-3-5-7-11/h8,11H,2-7,9H2,1H3,(H,16,18)(H,19,20). The van der Waals surface area contributed by atoms with Gasteiger partial charge in [-0.3, -0.25) is 9.48 Å². The number of aromatic carboxylic acids is 1. The Kier molecular flexibility index (Phi) is 4.76. The number of hydrogen-bond donors (Lipinski definition) is 2. The summed E-state index contributed by atoms with van der Waals surface area (Å²) >= 11 is 0. The van der Waals surface area contributed by atoms with Gasteiger partial charge in [-0.05, 0) is 19.8 Å². The molecule has 0 bridgehead atoms. The Balaban J connectivity index is 1.92. The second-order valence-corrected chi connectivity index (χ2v) is 5.36. The smallest absolute Gasteiger partial charge is 0.339 e.